The number of nitro benzene ring substituents is 1. The predicted octanol–water partition coefficient (Wildman–Crippen LogP) is 1.98. The number of hydrogen-bond donors (Lipinski definition) is 3. The molecule has 1 aromatic heterocycles. The molecule has 0 bridgehead atoms. The van der Waals surface area contributed by atoms with E-state index >= 15 is 0 Å². The number of para-hydroxylation sites is 2. The lowest BCUT2D eigenvalue weighted by molar-refractivity contribution is -0.384. The van der Waals surface area contributed by atoms with E-state index in [-0.39, 0.29) is 30.0 Å². The highest BCUT2D eigenvalue weighted by atomic mass is 35.5. The summed E-state index contributed by atoms with van der Waals surface area (Å²) in [6, 6.07) is 8.40. The molecule has 1 amide bonds. The van der Waals surface area contributed by atoms with E-state index in [1.165, 1.54) is 6.07 Å². The summed E-state index contributed by atoms with van der Waals surface area (Å²) in [7, 11) is 0. The van der Waals surface area contributed by atoms with Crippen molar-refractivity contribution >= 4 is 29.7 Å². The predicted molar refractivity (Wildman–Crippen MR) is 105 cm³/mol. The lowest BCUT2D eigenvalue weighted by Gasteiger charge is -2.22. The average molecular weight is 395 g/mol. The van der Waals surface area contributed by atoms with E-state index in [1.807, 2.05) is 10.9 Å². The second-order valence-electron chi connectivity index (χ2n) is 6.14. The number of halogens is 1. The highest BCUT2D eigenvalue weighted by Crippen LogP contribution is 2.22. The van der Waals surface area contributed by atoms with Gasteiger partial charge in [-0.15, -0.1) is 12.4 Å². The second kappa shape index (κ2) is 9.89. The fraction of sp³-hybridized carbons (Fsp3) is 0.412. The van der Waals surface area contributed by atoms with Crippen LogP contribution in [0.4, 0.5) is 11.4 Å². The van der Waals surface area contributed by atoms with Gasteiger partial charge in [0.15, 0.2) is 0 Å². The zero-order valence-corrected chi connectivity index (χ0v) is 15.6. The van der Waals surface area contributed by atoms with Gasteiger partial charge in [-0.05, 0) is 31.5 Å². The molecule has 10 heteroatoms. The van der Waals surface area contributed by atoms with Crippen molar-refractivity contribution < 1.29 is 9.72 Å². The van der Waals surface area contributed by atoms with Crippen LogP contribution >= 0.6 is 12.4 Å². The third kappa shape index (κ3) is 5.41. The van der Waals surface area contributed by atoms with Crippen molar-refractivity contribution in [2.75, 3.05) is 31.5 Å². The van der Waals surface area contributed by atoms with Gasteiger partial charge in [0.1, 0.15) is 11.4 Å². The SMILES string of the molecule is Cl.O=C(NCCNc1ccccc1[N+](=O)[O-])c1ccn(C2CCCNC2)n1. The van der Waals surface area contributed by atoms with Gasteiger partial charge < -0.3 is 16.0 Å². The van der Waals surface area contributed by atoms with Crippen molar-refractivity contribution in [3.05, 3.63) is 52.3 Å². The van der Waals surface area contributed by atoms with Gasteiger partial charge >= 0.3 is 0 Å². The van der Waals surface area contributed by atoms with Crippen LogP contribution in [-0.4, -0.2) is 46.8 Å². The minimum absolute atomic E-state index is 0. The van der Waals surface area contributed by atoms with Crippen LogP contribution in [0.5, 0.6) is 0 Å². The third-order valence-electron chi connectivity index (χ3n) is 4.31. The maximum absolute atomic E-state index is 12.2. The summed E-state index contributed by atoms with van der Waals surface area (Å²) < 4.78 is 1.84. The van der Waals surface area contributed by atoms with Crippen molar-refractivity contribution in [1.82, 2.24) is 20.4 Å². The summed E-state index contributed by atoms with van der Waals surface area (Å²) in [6.07, 6.45) is 3.98. The first kappa shape index (κ1) is 20.7. The molecule has 1 unspecified atom stereocenters. The van der Waals surface area contributed by atoms with Crippen LogP contribution in [0.3, 0.4) is 0 Å². The lowest BCUT2D eigenvalue weighted by atomic mass is 10.1. The minimum Gasteiger partial charge on any atom is -0.378 e. The molecule has 3 rings (SSSR count). The molecule has 2 heterocycles. The summed E-state index contributed by atoms with van der Waals surface area (Å²) in [5, 5.41) is 24.4. The summed E-state index contributed by atoms with van der Waals surface area (Å²) >= 11 is 0. The van der Waals surface area contributed by atoms with Crippen LogP contribution < -0.4 is 16.0 Å². The Morgan fingerprint density at radius 1 is 1.33 bits per heavy atom. The Morgan fingerprint density at radius 2 is 2.15 bits per heavy atom. The number of hydrogen-bond acceptors (Lipinski definition) is 6. The zero-order chi connectivity index (χ0) is 18.4. The number of aromatic nitrogens is 2. The fourth-order valence-electron chi connectivity index (χ4n) is 2.97. The van der Waals surface area contributed by atoms with E-state index in [0.29, 0.717) is 24.5 Å². The molecular formula is C17H23ClN6O3. The minimum atomic E-state index is -0.437. The van der Waals surface area contributed by atoms with Gasteiger partial charge in [0, 0.05) is 31.9 Å². The van der Waals surface area contributed by atoms with Crippen LogP contribution in [0.2, 0.25) is 0 Å². The molecule has 2 aromatic rings. The van der Waals surface area contributed by atoms with Crippen molar-refractivity contribution in [1.29, 1.82) is 0 Å². The van der Waals surface area contributed by atoms with Crippen molar-refractivity contribution in [2.45, 2.75) is 18.9 Å². The monoisotopic (exact) mass is 394 g/mol. The number of benzene rings is 1. The number of carbonyl (C=O) groups is 1. The molecule has 3 N–H and O–H groups in total. The third-order valence-corrected chi connectivity index (χ3v) is 4.31. The summed E-state index contributed by atoms with van der Waals surface area (Å²) in [6.45, 7) is 2.60. The Hall–Kier alpha value is -2.65. The average Bonchev–Trinajstić information content (AvgIpc) is 3.16. The van der Waals surface area contributed by atoms with Crippen molar-refractivity contribution in [3.63, 3.8) is 0 Å². The standard InChI is InChI=1S/C17H22N6O3.ClH/c24-17(15-7-11-22(21-15)13-4-3-8-18-12-13)20-10-9-19-14-5-1-2-6-16(14)23(25)26;/h1-2,5-7,11,13,18-19H,3-4,8-10,12H2,(H,20,24);1H. The van der Waals surface area contributed by atoms with E-state index in [0.717, 1.165) is 25.9 Å². The summed E-state index contributed by atoms with van der Waals surface area (Å²) in [5.74, 6) is -0.253. The fourth-order valence-corrected chi connectivity index (χ4v) is 2.97. The molecule has 9 nitrogen and oxygen atoms in total. The maximum atomic E-state index is 12.2. The molecule has 1 atom stereocenters. The molecule has 27 heavy (non-hydrogen) atoms. The number of rotatable bonds is 7. The number of carbonyl (C=O) groups excluding carboxylic acids is 1. The zero-order valence-electron chi connectivity index (χ0n) is 14.8. The van der Waals surface area contributed by atoms with Gasteiger partial charge in [-0.25, -0.2) is 0 Å². The van der Waals surface area contributed by atoms with Crippen molar-refractivity contribution in [2.24, 2.45) is 0 Å². The van der Waals surface area contributed by atoms with Gasteiger partial charge in [-0.1, -0.05) is 12.1 Å². The molecule has 1 fully saturated rings. The summed E-state index contributed by atoms with van der Waals surface area (Å²) in [5.41, 5.74) is 0.820. The molecule has 0 aliphatic carbocycles. The van der Waals surface area contributed by atoms with Crippen LogP contribution in [-0.2, 0) is 0 Å². The van der Waals surface area contributed by atoms with Gasteiger partial charge in [0.2, 0.25) is 0 Å². The Kier molecular flexibility index (Phi) is 7.56. The molecule has 0 saturated carbocycles. The van der Waals surface area contributed by atoms with Crippen LogP contribution in [0.1, 0.15) is 29.4 Å². The number of nitrogens with zero attached hydrogens (tertiary/aromatic N) is 3. The maximum Gasteiger partial charge on any atom is 0.292 e. The van der Waals surface area contributed by atoms with Crippen LogP contribution in [0.25, 0.3) is 0 Å². The van der Waals surface area contributed by atoms with Gasteiger partial charge in [0.25, 0.3) is 11.6 Å². The van der Waals surface area contributed by atoms with E-state index in [1.54, 1.807) is 24.3 Å². The molecular weight excluding hydrogens is 372 g/mol. The first-order chi connectivity index (χ1) is 12.6. The highest BCUT2D eigenvalue weighted by Gasteiger charge is 2.17. The van der Waals surface area contributed by atoms with E-state index in [9.17, 15) is 14.9 Å². The van der Waals surface area contributed by atoms with E-state index < -0.39 is 4.92 Å². The normalized spacial score (nSPS) is 16.2. The Morgan fingerprint density at radius 3 is 2.89 bits per heavy atom. The topological polar surface area (TPSA) is 114 Å². The molecule has 1 aromatic carbocycles. The van der Waals surface area contributed by atoms with Crippen molar-refractivity contribution in [3.8, 4) is 0 Å². The number of nitro groups is 1. The van der Waals surface area contributed by atoms with Gasteiger partial charge in [0.05, 0.1) is 11.0 Å². The molecule has 0 radical (unpaired) electrons. The van der Waals surface area contributed by atoms with Crippen LogP contribution in [0.15, 0.2) is 36.5 Å². The number of amides is 1. The molecule has 146 valence electrons. The van der Waals surface area contributed by atoms with Gasteiger partial charge in [-0.3, -0.25) is 19.6 Å². The highest BCUT2D eigenvalue weighted by molar-refractivity contribution is 5.92. The molecule has 0 spiro atoms. The van der Waals surface area contributed by atoms with E-state index in [4.69, 9.17) is 0 Å². The molecule has 1 aliphatic heterocycles. The smallest absolute Gasteiger partial charge is 0.292 e. The Balaban J connectivity index is 0.00000261. The lowest BCUT2D eigenvalue weighted by Crippen LogP contribution is -2.32. The largest absolute Gasteiger partial charge is 0.378 e. The number of nitrogens with one attached hydrogen (secondary N) is 3. The number of anilines is 1. The second-order valence-corrected chi connectivity index (χ2v) is 6.14. The molecule has 1 aliphatic rings. The van der Waals surface area contributed by atoms with E-state index in [2.05, 4.69) is 21.0 Å². The van der Waals surface area contributed by atoms with Gasteiger partial charge in [-0.2, -0.15) is 5.10 Å². The van der Waals surface area contributed by atoms with Crippen LogP contribution in [0, 0.1) is 10.1 Å². The Labute approximate surface area is 163 Å². The molecule has 1 saturated heterocycles. The quantitative estimate of drug-likeness (QED) is 0.376. The first-order valence-corrected chi connectivity index (χ1v) is 8.66. The summed E-state index contributed by atoms with van der Waals surface area (Å²) in [4.78, 5) is 22.7. The number of piperidine rings is 1. The first-order valence-electron chi connectivity index (χ1n) is 8.66. The Bertz CT molecular complexity index is 776.